The molecular formula is C18H15NO6. The summed E-state index contributed by atoms with van der Waals surface area (Å²) in [7, 11) is 0. The molecule has 0 aromatic heterocycles. The number of nitrogens with one attached hydrogen (secondary N) is 1. The molecule has 128 valence electrons. The van der Waals surface area contributed by atoms with E-state index >= 15 is 0 Å². The predicted octanol–water partition coefficient (Wildman–Crippen LogP) is 1.42. The van der Waals surface area contributed by atoms with Gasteiger partial charge in [-0.2, -0.15) is 0 Å². The summed E-state index contributed by atoms with van der Waals surface area (Å²) in [4.78, 5) is 33.3. The number of aldehydes is 1. The Morgan fingerprint density at radius 1 is 1.12 bits per heavy atom. The summed E-state index contributed by atoms with van der Waals surface area (Å²) in [5.41, 5.74) is 1.40. The highest BCUT2D eigenvalue weighted by Crippen LogP contribution is 2.33. The number of benzene rings is 2. The number of Topliss-reactive ketones (excluding diaryl/α,β-unsaturated/α-hetero) is 2. The third-order valence-electron chi connectivity index (χ3n) is 3.35. The lowest BCUT2D eigenvalue weighted by Crippen LogP contribution is -2.24. The van der Waals surface area contributed by atoms with Crippen LogP contribution in [0.25, 0.3) is 0 Å². The summed E-state index contributed by atoms with van der Waals surface area (Å²) in [5, 5.41) is 2.78. The van der Waals surface area contributed by atoms with Crippen LogP contribution in [0, 0.1) is 0 Å². The Morgan fingerprint density at radius 2 is 1.88 bits per heavy atom. The summed E-state index contributed by atoms with van der Waals surface area (Å²) < 4.78 is 11.0. The molecule has 0 aliphatic carbocycles. The van der Waals surface area contributed by atoms with Crippen molar-refractivity contribution >= 4 is 23.5 Å². The van der Waals surface area contributed by atoms with E-state index in [1.807, 2.05) is 30.3 Å². The van der Waals surface area contributed by atoms with Gasteiger partial charge in [-0.3, -0.25) is 14.4 Å². The number of hydrogen-bond donors (Lipinski definition) is 1. The first kappa shape index (κ1) is 17.9. The van der Waals surface area contributed by atoms with Crippen molar-refractivity contribution in [2.24, 2.45) is 0 Å². The Bertz CT molecular complexity index is 829. The van der Waals surface area contributed by atoms with Gasteiger partial charge in [0.05, 0.1) is 5.69 Å². The van der Waals surface area contributed by atoms with Gasteiger partial charge in [-0.15, -0.1) is 0 Å². The molecule has 1 heterocycles. The normalized spacial score (nSPS) is 11.6. The number of carbonyl (C=O) groups is 3. The molecular weight excluding hydrogens is 326 g/mol. The van der Waals surface area contributed by atoms with Gasteiger partial charge in [0.1, 0.15) is 30.1 Å². The number of allylic oxidation sites excluding steroid dienone is 1. The van der Waals surface area contributed by atoms with Gasteiger partial charge >= 0.3 is 0 Å². The van der Waals surface area contributed by atoms with E-state index in [-0.39, 0.29) is 17.5 Å². The van der Waals surface area contributed by atoms with E-state index in [1.165, 1.54) is 0 Å². The summed E-state index contributed by atoms with van der Waals surface area (Å²) in [6, 6.07) is 14.7. The van der Waals surface area contributed by atoms with E-state index in [9.17, 15) is 14.4 Å². The largest absolute Gasteiger partial charge is 0.489 e. The first-order chi connectivity index (χ1) is 11.7. The number of rotatable bonds is 6. The molecule has 7 heteroatoms. The molecule has 0 unspecified atom stereocenters. The molecule has 7 nitrogen and oxygen atoms in total. The molecule has 0 bridgehead atoms. The fraction of sp³-hybridized carbons (Fsp3) is 0.0556. The van der Waals surface area contributed by atoms with Crippen LogP contribution in [-0.2, 0) is 21.0 Å². The van der Waals surface area contributed by atoms with Crippen LogP contribution < -0.4 is 14.8 Å². The average Bonchev–Trinajstić information content (AvgIpc) is 2.65. The second-order valence-electron chi connectivity index (χ2n) is 5.02. The second kappa shape index (κ2) is 7.89. The standard InChI is InChI=1S/C18H13NO5.H2O/c20-9-16(21)18(22)15-11-24-17-7-6-13(8-14(17)19-15)23-10-12-4-2-1-3-5-12;/h1-9,11,19H,10H2;1H2. The Kier molecular flexibility index (Phi) is 5.65. The van der Waals surface area contributed by atoms with E-state index in [1.54, 1.807) is 18.2 Å². The molecule has 25 heavy (non-hydrogen) atoms. The van der Waals surface area contributed by atoms with Gasteiger partial charge in [0.2, 0.25) is 0 Å². The van der Waals surface area contributed by atoms with Gasteiger partial charge in [0.25, 0.3) is 11.6 Å². The van der Waals surface area contributed by atoms with Gasteiger partial charge in [-0.25, -0.2) is 0 Å². The summed E-state index contributed by atoms with van der Waals surface area (Å²) in [6.45, 7) is 0.395. The van der Waals surface area contributed by atoms with Crippen molar-refractivity contribution in [1.29, 1.82) is 0 Å². The van der Waals surface area contributed by atoms with Crippen LogP contribution in [0.5, 0.6) is 11.5 Å². The minimum absolute atomic E-state index is 0. The summed E-state index contributed by atoms with van der Waals surface area (Å²) in [6.07, 6.45) is 1.08. The Labute approximate surface area is 143 Å². The Hall–Kier alpha value is -3.45. The van der Waals surface area contributed by atoms with Crippen molar-refractivity contribution < 1.29 is 29.3 Å². The molecule has 2 aromatic carbocycles. The van der Waals surface area contributed by atoms with E-state index in [0.717, 1.165) is 11.8 Å². The summed E-state index contributed by atoms with van der Waals surface area (Å²) in [5.74, 6) is -1.04. The van der Waals surface area contributed by atoms with E-state index in [4.69, 9.17) is 9.47 Å². The molecule has 0 atom stereocenters. The molecule has 0 spiro atoms. The number of anilines is 1. The second-order valence-corrected chi connectivity index (χ2v) is 5.02. The molecule has 2 aromatic rings. The quantitative estimate of drug-likeness (QED) is 0.483. The average molecular weight is 341 g/mol. The van der Waals surface area contributed by atoms with Crippen LogP contribution in [-0.4, -0.2) is 23.3 Å². The van der Waals surface area contributed by atoms with Crippen LogP contribution in [0.15, 0.2) is 60.5 Å². The van der Waals surface area contributed by atoms with Gasteiger partial charge < -0.3 is 20.3 Å². The summed E-state index contributed by atoms with van der Waals surface area (Å²) >= 11 is 0. The fourth-order valence-corrected chi connectivity index (χ4v) is 2.13. The Balaban J connectivity index is 0.00000225. The molecule has 0 saturated carbocycles. The number of fused-ring (bicyclic) bond motifs is 1. The number of ketones is 2. The minimum Gasteiger partial charge on any atom is -0.489 e. The van der Waals surface area contributed by atoms with Gasteiger partial charge in [-0.1, -0.05) is 30.3 Å². The van der Waals surface area contributed by atoms with Crippen molar-refractivity contribution in [2.75, 3.05) is 5.32 Å². The molecule has 1 aliphatic heterocycles. The maximum atomic E-state index is 11.7. The lowest BCUT2D eigenvalue weighted by atomic mass is 10.2. The molecule has 0 fully saturated rings. The van der Waals surface area contributed by atoms with E-state index in [2.05, 4.69) is 5.32 Å². The van der Waals surface area contributed by atoms with Gasteiger partial charge in [-0.05, 0) is 17.7 Å². The Morgan fingerprint density at radius 3 is 2.60 bits per heavy atom. The number of hydrogen-bond acceptors (Lipinski definition) is 6. The first-order valence-corrected chi connectivity index (χ1v) is 7.16. The van der Waals surface area contributed by atoms with Crippen LogP contribution in [0.2, 0.25) is 0 Å². The predicted molar refractivity (Wildman–Crippen MR) is 89.2 cm³/mol. The number of carbonyl (C=O) groups excluding carboxylic acids is 3. The number of ether oxygens (including phenoxy) is 2. The SMILES string of the molecule is O.O=CC(=O)C(=O)C1=COc2ccc(OCc3ccccc3)cc2N1. The molecule has 0 saturated heterocycles. The highest BCUT2D eigenvalue weighted by molar-refractivity contribution is 6.61. The van der Waals surface area contributed by atoms with Gasteiger partial charge in [0.15, 0.2) is 6.29 Å². The highest BCUT2D eigenvalue weighted by Gasteiger charge is 2.23. The minimum atomic E-state index is -1.14. The zero-order chi connectivity index (χ0) is 16.9. The lowest BCUT2D eigenvalue weighted by molar-refractivity contribution is -0.138. The van der Waals surface area contributed by atoms with Crippen LogP contribution in [0.4, 0.5) is 5.69 Å². The zero-order valence-electron chi connectivity index (χ0n) is 13.0. The molecule has 3 rings (SSSR count). The van der Waals surface area contributed by atoms with Crippen LogP contribution in [0.1, 0.15) is 5.56 Å². The third-order valence-corrected chi connectivity index (χ3v) is 3.35. The van der Waals surface area contributed by atoms with Crippen LogP contribution >= 0.6 is 0 Å². The highest BCUT2D eigenvalue weighted by atomic mass is 16.5. The van der Waals surface area contributed by atoms with Crippen molar-refractivity contribution in [3.63, 3.8) is 0 Å². The smallest absolute Gasteiger partial charge is 0.267 e. The lowest BCUT2D eigenvalue weighted by Gasteiger charge is -2.18. The molecule has 1 aliphatic rings. The van der Waals surface area contributed by atoms with E-state index in [0.29, 0.717) is 23.8 Å². The van der Waals surface area contributed by atoms with Crippen molar-refractivity contribution in [1.82, 2.24) is 0 Å². The zero-order valence-corrected chi connectivity index (χ0v) is 13.0. The third kappa shape index (κ3) is 4.10. The molecule has 0 radical (unpaired) electrons. The van der Waals surface area contributed by atoms with E-state index < -0.39 is 11.6 Å². The molecule has 3 N–H and O–H groups in total. The topological polar surface area (TPSA) is 113 Å². The first-order valence-electron chi connectivity index (χ1n) is 7.16. The van der Waals surface area contributed by atoms with Gasteiger partial charge in [0, 0.05) is 6.07 Å². The van der Waals surface area contributed by atoms with Crippen LogP contribution in [0.3, 0.4) is 0 Å². The van der Waals surface area contributed by atoms with Crippen molar-refractivity contribution in [3.05, 3.63) is 66.1 Å². The fourth-order valence-electron chi connectivity index (χ4n) is 2.13. The van der Waals surface area contributed by atoms with Crippen molar-refractivity contribution in [2.45, 2.75) is 6.61 Å². The molecule has 0 amide bonds. The maximum Gasteiger partial charge on any atom is 0.267 e. The maximum absolute atomic E-state index is 11.7. The monoisotopic (exact) mass is 341 g/mol. The van der Waals surface area contributed by atoms with Crippen molar-refractivity contribution in [3.8, 4) is 11.5 Å².